The topological polar surface area (TPSA) is 63.8 Å². The summed E-state index contributed by atoms with van der Waals surface area (Å²) in [7, 11) is 1.59. The molecule has 1 N–H and O–H groups in total. The van der Waals surface area contributed by atoms with Crippen molar-refractivity contribution in [1.29, 1.82) is 0 Å². The second-order valence-corrected chi connectivity index (χ2v) is 8.07. The quantitative estimate of drug-likeness (QED) is 0.627. The number of fused-ring (bicyclic) bond motifs is 1. The summed E-state index contributed by atoms with van der Waals surface area (Å²) in [5.74, 6) is 0.246. The van der Waals surface area contributed by atoms with Crippen LogP contribution < -0.4 is 15.3 Å². The Hall–Kier alpha value is -2.29. The molecule has 0 radical (unpaired) electrons. The molecule has 0 atom stereocenters. The first kappa shape index (κ1) is 17.1. The van der Waals surface area contributed by atoms with Crippen LogP contribution in [-0.2, 0) is 4.79 Å². The third kappa shape index (κ3) is 2.70. The number of rotatable bonds is 3. The van der Waals surface area contributed by atoms with E-state index in [2.05, 4.69) is 20.9 Å². The van der Waals surface area contributed by atoms with E-state index in [4.69, 9.17) is 17.0 Å². The lowest BCUT2D eigenvalue weighted by Gasteiger charge is -2.06. The zero-order chi connectivity index (χ0) is 18.4. The van der Waals surface area contributed by atoms with Gasteiger partial charge in [-0.2, -0.15) is 0 Å². The molecule has 0 unspecified atom stereocenters. The first-order valence-corrected chi connectivity index (χ1v) is 9.54. The predicted octanol–water partition coefficient (Wildman–Crippen LogP) is 3.10. The molecule has 8 heteroatoms. The molecule has 3 aromatic rings. The number of carbonyl (C=O) groups excluding carboxylic acids is 1. The van der Waals surface area contributed by atoms with Crippen LogP contribution in [0.15, 0.2) is 51.9 Å². The fraction of sp³-hybridized carbons (Fsp3) is 0.0556. The normalized spacial score (nSPS) is 12.8. The van der Waals surface area contributed by atoms with Crippen molar-refractivity contribution in [1.82, 2.24) is 4.57 Å². The maximum Gasteiger partial charge on any atom is 0.279 e. The predicted molar refractivity (Wildman–Crippen MR) is 105 cm³/mol. The minimum atomic E-state index is -0.383. The van der Waals surface area contributed by atoms with Gasteiger partial charge in [0.25, 0.3) is 5.91 Å². The average Bonchev–Trinajstić information content (AvgIpc) is 3.10. The fourth-order valence-electron chi connectivity index (χ4n) is 2.79. The standard InChI is InChI=1S/C18H11BrN2O3S2/c1-24-11-5-3-10(4-6-11)21-17(23)15(26-18(21)25)14-12-8-9(19)2-7-13(12)20-16(14)22/h2-8,23H,1H3. The third-order valence-electron chi connectivity index (χ3n) is 4.01. The van der Waals surface area contributed by atoms with Crippen molar-refractivity contribution in [3.63, 3.8) is 0 Å². The molecule has 1 amide bonds. The molecule has 0 saturated heterocycles. The summed E-state index contributed by atoms with van der Waals surface area (Å²) < 4.78 is 7.95. The molecule has 0 fully saturated rings. The first-order valence-electron chi connectivity index (χ1n) is 7.52. The van der Waals surface area contributed by atoms with Crippen LogP contribution in [0.3, 0.4) is 0 Å². The first-order chi connectivity index (χ1) is 12.5. The number of benzene rings is 2. The molecule has 1 aliphatic heterocycles. The van der Waals surface area contributed by atoms with Crippen molar-refractivity contribution < 1.29 is 14.6 Å². The van der Waals surface area contributed by atoms with Crippen molar-refractivity contribution in [3.05, 3.63) is 66.3 Å². The second kappa shape index (κ2) is 6.46. The van der Waals surface area contributed by atoms with E-state index in [-0.39, 0.29) is 11.8 Å². The van der Waals surface area contributed by atoms with E-state index in [0.717, 1.165) is 4.47 Å². The Labute approximate surface area is 165 Å². The highest BCUT2D eigenvalue weighted by atomic mass is 79.9. The number of ether oxygens (including phenoxy) is 1. The minimum absolute atomic E-state index is 0.0726. The summed E-state index contributed by atoms with van der Waals surface area (Å²) in [6.07, 6.45) is 0. The molecule has 0 bridgehead atoms. The van der Waals surface area contributed by atoms with Gasteiger partial charge in [-0.1, -0.05) is 15.9 Å². The molecule has 2 heterocycles. The number of aromatic nitrogens is 1. The number of thiazole rings is 1. The van der Waals surface area contributed by atoms with Gasteiger partial charge in [0.1, 0.15) is 10.6 Å². The van der Waals surface area contributed by atoms with E-state index in [0.29, 0.717) is 36.4 Å². The van der Waals surface area contributed by atoms with Gasteiger partial charge < -0.3 is 9.84 Å². The van der Waals surface area contributed by atoms with Crippen LogP contribution in [0.4, 0.5) is 0 Å². The van der Waals surface area contributed by atoms with Gasteiger partial charge in [-0.25, -0.2) is 4.99 Å². The van der Waals surface area contributed by atoms with Crippen molar-refractivity contribution in [3.8, 4) is 17.3 Å². The van der Waals surface area contributed by atoms with E-state index < -0.39 is 0 Å². The van der Waals surface area contributed by atoms with Gasteiger partial charge in [0.05, 0.1) is 23.7 Å². The Balaban J connectivity index is 1.95. The van der Waals surface area contributed by atoms with E-state index in [1.807, 2.05) is 12.1 Å². The van der Waals surface area contributed by atoms with Gasteiger partial charge in [0, 0.05) is 9.69 Å². The molecule has 0 spiro atoms. The molecule has 1 aliphatic rings. The summed E-state index contributed by atoms with van der Waals surface area (Å²) in [4.78, 5) is 16.9. The number of nitrogens with zero attached hydrogens (tertiary/aromatic N) is 2. The monoisotopic (exact) mass is 446 g/mol. The zero-order valence-electron chi connectivity index (χ0n) is 13.4. The number of methoxy groups -OCH3 is 1. The van der Waals surface area contributed by atoms with Gasteiger partial charge in [-0.05, 0) is 54.7 Å². The molecule has 130 valence electrons. The Bertz CT molecular complexity index is 1230. The van der Waals surface area contributed by atoms with E-state index in [1.54, 1.807) is 37.4 Å². The zero-order valence-corrected chi connectivity index (χ0v) is 16.6. The summed E-state index contributed by atoms with van der Waals surface area (Å²) in [5, 5.41) is 12.1. The minimum Gasteiger partial charge on any atom is -0.497 e. The van der Waals surface area contributed by atoms with Gasteiger partial charge >= 0.3 is 0 Å². The van der Waals surface area contributed by atoms with Crippen molar-refractivity contribution >= 4 is 51.0 Å². The Morgan fingerprint density at radius 1 is 1.23 bits per heavy atom. The van der Waals surface area contributed by atoms with Gasteiger partial charge in [0.2, 0.25) is 5.88 Å². The van der Waals surface area contributed by atoms with Crippen LogP contribution in [0.5, 0.6) is 11.6 Å². The van der Waals surface area contributed by atoms with Crippen LogP contribution in [0, 0.1) is 3.95 Å². The number of aromatic hydroxyl groups is 1. The SMILES string of the molecule is COc1ccc(-n2c(O)c(C3=c4cc(Br)ccc4=NC3=O)sc2=S)cc1. The lowest BCUT2D eigenvalue weighted by molar-refractivity contribution is -0.112. The van der Waals surface area contributed by atoms with E-state index in [1.165, 1.54) is 15.9 Å². The summed E-state index contributed by atoms with van der Waals surface area (Å²) >= 11 is 10.0. The summed E-state index contributed by atoms with van der Waals surface area (Å²) in [6, 6.07) is 12.6. The molecular weight excluding hydrogens is 436 g/mol. The van der Waals surface area contributed by atoms with Crippen molar-refractivity contribution in [2.75, 3.05) is 7.11 Å². The molecule has 26 heavy (non-hydrogen) atoms. The Morgan fingerprint density at radius 3 is 2.65 bits per heavy atom. The van der Waals surface area contributed by atoms with Crippen molar-refractivity contribution in [2.45, 2.75) is 0 Å². The van der Waals surface area contributed by atoms with Gasteiger partial charge in [-0.3, -0.25) is 9.36 Å². The van der Waals surface area contributed by atoms with E-state index >= 15 is 0 Å². The highest BCUT2D eigenvalue weighted by Crippen LogP contribution is 2.35. The fourth-order valence-corrected chi connectivity index (χ4v) is 4.54. The summed E-state index contributed by atoms with van der Waals surface area (Å²) in [5.41, 5.74) is 1.05. The number of halogens is 1. The molecule has 4 rings (SSSR count). The Kier molecular flexibility index (Phi) is 4.26. The number of hydrogen-bond donors (Lipinski definition) is 1. The molecule has 0 aliphatic carbocycles. The molecular formula is C18H11BrN2O3S2. The van der Waals surface area contributed by atoms with Crippen LogP contribution in [0.25, 0.3) is 11.3 Å². The number of hydrogen-bond acceptors (Lipinski definition) is 5. The highest BCUT2D eigenvalue weighted by Gasteiger charge is 2.25. The number of amides is 1. The summed E-state index contributed by atoms with van der Waals surface area (Å²) in [6.45, 7) is 0. The van der Waals surface area contributed by atoms with Gasteiger partial charge in [0.15, 0.2) is 3.95 Å². The Morgan fingerprint density at radius 2 is 1.96 bits per heavy atom. The average molecular weight is 447 g/mol. The third-order valence-corrected chi connectivity index (χ3v) is 5.88. The number of carbonyl (C=O) groups is 1. The lowest BCUT2D eigenvalue weighted by Crippen LogP contribution is -2.22. The van der Waals surface area contributed by atoms with Crippen LogP contribution in [0.1, 0.15) is 4.88 Å². The molecule has 2 aromatic carbocycles. The lowest BCUT2D eigenvalue weighted by atomic mass is 10.1. The smallest absolute Gasteiger partial charge is 0.279 e. The van der Waals surface area contributed by atoms with Gasteiger partial charge in [-0.15, -0.1) is 11.3 Å². The van der Waals surface area contributed by atoms with E-state index in [9.17, 15) is 9.90 Å². The van der Waals surface area contributed by atoms with Crippen molar-refractivity contribution in [2.24, 2.45) is 4.99 Å². The largest absolute Gasteiger partial charge is 0.497 e. The second-order valence-electron chi connectivity index (χ2n) is 5.51. The maximum absolute atomic E-state index is 12.5. The van der Waals surface area contributed by atoms with Crippen LogP contribution in [-0.4, -0.2) is 22.7 Å². The highest BCUT2D eigenvalue weighted by molar-refractivity contribution is 9.10. The molecule has 1 aromatic heterocycles. The van der Waals surface area contributed by atoms with Crippen LogP contribution >= 0.6 is 39.5 Å². The molecule has 5 nitrogen and oxygen atoms in total. The van der Waals surface area contributed by atoms with Crippen LogP contribution in [0.2, 0.25) is 0 Å². The maximum atomic E-state index is 12.5. The molecule has 0 saturated carbocycles.